The van der Waals surface area contributed by atoms with E-state index in [1.807, 2.05) is 36.4 Å². The highest BCUT2D eigenvalue weighted by molar-refractivity contribution is 5.86. The smallest absolute Gasteiger partial charge is 0.0533 e. The van der Waals surface area contributed by atoms with Gasteiger partial charge in [-0.1, -0.05) is 84.9 Å². The topological polar surface area (TPSA) is 29.3 Å². The zero-order valence-corrected chi connectivity index (χ0v) is 15.6. The lowest BCUT2D eigenvalue weighted by Gasteiger charge is -2.27. The first-order valence-electron chi connectivity index (χ1n) is 9.35. The van der Waals surface area contributed by atoms with Crippen molar-refractivity contribution in [3.63, 3.8) is 0 Å². The molecular formula is C26H22N2. The molecule has 0 aliphatic carbocycles. The molecule has 0 unspecified atom stereocenters. The van der Waals surface area contributed by atoms with Crippen LogP contribution in [0, 0.1) is 0 Å². The van der Waals surface area contributed by atoms with Crippen LogP contribution in [0.3, 0.4) is 0 Å². The van der Waals surface area contributed by atoms with Crippen LogP contribution in [-0.4, -0.2) is 0 Å². The van der Waals surface area contributed by atoms with Gasteiger partial charge in [0.1, 0.15) is 0 Å². The van der Waals surface area contributed by atoms with Crippen LogP contribution < -0.4 is 10.6 Å². The van der Waals surface area contributed by atoms with Gasteiger partial charge >= 0.3 is 0 Å². The van der Waals surface area contributed by atoms with E-state index in [2.05, 4.69) is 89.8 Å². The maximum atomic E-state index is 6.10. The number of hydrogen-bond donors (Lipinski definition) is 1. The third kappa shape index (κ3) is 3.81. The lowest BCUT2D eigenvalue weighted by Crippen LogP contribution is -2.10. The highest BCUT2D eigenvalue weighted by Gasteiger charge is 2.14. The van der Waals surface area contributed by atoms with Crippen molar-refractivity contribution in [1.29, 1.82) is 0 Å². The van der Waals surface area contributed by atoms with Crippen molar-refractivity contribution in [1.82, 2.24) is 0 Å². The van der Waals surface area contributed by atoms with Crippen molar-refractivity contribution in [3.05, 3.63) is 120 Å². The van der Waals surface area contributed by atoms with Crippen molar-refractivity contribution in [3.8, 4) is 0 Å². The minimum Gasteiger partial charge on any atom is -0.398 e. The third-order valence-corrected chi connectivity index (χ3v) is 4.64. The maximum Gasteiger partial charge on any atom is 0.0533 e. The molecular weight excluding hydrogens is 340 g/mol. The van der Waals surface area contributed by atoms with Crippen molar-refractivity contribution >= 4 is 34.9 Å². The summed E-state index contributed by atoms with van der Waals surface area (Å²) in [6, 6.07) is 37.2. The molecule has 0 aliphatic heterocycles. The Morgan fingerprint density at radius 2 is 0.964 bits per heavy atom. The first-order valence-corrected chi connectivity index (χ1v) is 9.35. The monoisotopic (exact) mass is 362 g/mol. The van der Waals surface area contributed by atoms with Crippen molar-refractivity contribution < 1.29 is 0 Å². The number of benzene rings is 4. The fourth-order valence-corrected chi connectivity index (χ4v) is 3.26. The Morgan fingerprint density at radius 1 is 0.500 bits per heavy atom. The molecule has 2 nitrogen and oxygen atoms in total. The predicted molar refractivity (Wildman–Crippen MR) is 121 cm³/mol. The molecule has 0 heterocycles. The summed E-state index contributed by atoms with van der Waals surface area (Å²) in [4.78, 5) is 2.27. The van der Waals surface area contributed by atoms with Crippen molar-refractivity contribution in [2.24, 2.45) is 0 Å². The average molecular weight is 362 g/mol. The minimum absolute atomic E-state index is 0.777. The largest absolute Gasteiger partial charge is 0.398 e. The fourth-order valence-electron chi connectivity index (χ4n) is 3.26. The molecule has 0 spiro atoms. The molecule has 4 rings (SSSR count). The number of rotatable bonds is 5. The van der Waals surface area contributed by atoms with Gasteiger partial charge in [0, 0.05) is 17.1 Å². The average Bonchev–Trinajstić information content (AvgIpc) is 2.76. The number of nitrogen functional groups attached to an aromatic ring is 1. The van der Waals surface area contributed by atoms with Gasteiger partial charge in [0.2, 0.25) is 0 Å². The van der Waals surface area contributed by atoms with E-state index in [0.717, 1.165) is 33.9 Å². The SMILES string of the molecule is Nc1ccccc1C=Cc1ccccc1N(c1ccccc1)c1ccccc1. The van der Waals surface area contributed by atoms with Gasteiger partial charge in [0.15, 0.2) is 0 Å². The van der Waals surface area contributed by atoms with Crippen LogP contribution in [0.2, 0.25) is 0 Å². The van der Waals surface area contributed by atoms with Gasteiger partial charge in [-0.15, -0.1) is 0 Å². The molecule has 0 fully saturated rings. The van der Waals surface area contributed by atoms with E-state index < -0.39 is 0 Å². The third-order valence-electron chi connectivity index (χ3n) is 4.64. The summed E-state index contributed by atoms with van der Waals surface area (Å²) < 4.78 is 0. The molecule has 0 aliphatic rings. The standard InChI is InChI=1S/C26H22N2/c27-25-17-9-7-11-21(25)19-20-22-12-8-10-18-26(22)28(23-13-3-1-4-14-23)24-15-5-2-6-16-24/h1-20H,27H2. The molecule has 0 bridgehead atoms. The highest BCUT2D eigenvalue weighted by atomic mass is 15.1. The predicted octanol–water partition coefficient (Wildman–Crippen LogP) is 6.91. The number of nitrogens with two attached hydrogens (primary N) is 1. The van der Waals surface area contributed by atoms with Crippen molar-refractivity contribution in [2.45, 2.75) is 0 Å². The van der Waals surface area contributed by atoms with Gasteiger partial charge in [0.05, 0.1) is 5.69 Å². The summed E-state index contributed by atoms with van der Waals surface area (Å²) in [5.41, 5.74) is 12.4. The Morgan fingerprint density at radius 3 is 1.57 bits per heavy atom. The molecule has 0 atom stereocenters. The molecule has 0 amide bonds. The quantitative estimate of drug-likeness (QED) is 0.309. The second-order valence-electron chi connectivity index (χ2n) is 6.53. The molecule has 0 radical (unpaired) electrons. The zero-order chi connectivity index (χ0) is 19.2. The number of anilines is 4. The lowest BCUT2D eigenvalue weighted by molar-refractivity contribution is 1.28. The summed E-state index contributed by atoms with van der Waals surface area (Å²) in [7, 11) is 0. The summed E-state index contributed by atoms with van der Waals surface area (Å²) in [6.07, 6.45) is 4.20. The highest BCUT2D eigenvalue weighted by Crippen LogP contribution is 2.36. The first-order chi connectivity index (χ1) is 13.8. The van der Waals surface area contributed by atoms with Crippen LogP contribution in [-0.2, 0) is 0 Å². The van der Waals surface area contributed by atoms with Gasteiger partial charge in [-0.2, -0.15) is 0 Å². The fraction of sp³-hybridized carbons (Fsp3) is 0. The van der Waals surface area contributed by atoms with Gasteiger partial charge < -0.3 is 10.6 Å². The van der Waals surface area contributed by atoms with Crippen LogP contribution in [0.1, 0.15) is 11.1 Å². The summed E-state index contributed by atoms with van der Waals surface area (Å²) >= 11 is 0. The van der Waals surface area contributed by atoms with Crippen LogP contribution >= 0.6 is 0 Å². The van der Waals surface area contributed by atoms with Crippen LogP contribution in [0.5, 0.6) is 0 Å². The Labute approximate surface area is 166 Å². The number of hydrogen-bond acceptors (Lipinski definition) is 2. The molecule has 0 saturated heterocycles. The van der Waals surface area contributed by atoms with E-state index in [-0.39, 0.29) is 0 Å². The Balaban J connectivity index is 1.81. The van der Waals surface area contributed by atoms with E-state index in [4.69, 9.17) is 5.73 Å². The van der Waals surface area contributed by atoms with Gasteiger partial charge in [-0.05, 0) is 47.5 Å². The van der Waals surface area contributed by atoms with Crippen LogP contribution in [0.25, 0.3) is 12.2 Å². The van der Waals surface area contributed by atoms with E-state index in [0.29, 0.717) is 0 Å². The number of para-hydroxylation sites is 4. The minimum atomic E-state index is 0.777. The molecule has 4 aromatic carbocycles. The summed E-state index contributed by atoms with van der Waals surface area (Å²) in [5.74, 6) is 0. The van der Waals surface area contributed by atoms with E-state index in [9.17, 15) is 0 Å². The van der Waals surface area contributed by atoms with Crippen LogP contribution in [0.15, 0.2) is 109 Å². The van der Waals surface area contributed by atoms with E-state index in [1.54, 1.807) is 0 Å². The second kappa shape index (κ2) is 8.28. The van der Waals surface area contributed by atoms with Gasteiger partial charge in [0.25, 0.3) is 0 Å². The maximum absolute atomic E-state index is 6.10. The van der Waals surface area contributed by atoms with E-state index in [1.165, 1.54) is 0 Å². The molecule has 28 heavy (non-hydrogen) atoms. The Bertz CT molecular complexity index is 1030. The molecule has 136 valence electrons. The van der Waals surface area contributed by atoms with E-state index >= 15 is 0 Å². The number of nitrogens with zero attached hydrogens (tertiary/aromatic N) is 1. The summed E-state index contributed by atoms with van der Waals surface area (Å²) in [6.45, 7) is 0. The van der Waals surface area contributed by atoms with Gasteiger partial charge in [-0.25, -0.2) is 0 Å². The lowest BCUT2D eigenvalue weighted by atomic mass is 10.1. The Kier molecular flexibility index (Phi) is 5.21. The van der Waals surface area contributed by atoms with Gasteiger partial charge in [-0.3, -0.25) is 0 Å². The first kappa shape index (κ1) is 17.6. The van der Waals surface area contributed by atoms with Crippen molar-refractivity contribution in [2.75, 3.05) is 10.6 Å². The molecule has 2 N–H and O–H groups in total. The molecule has 0 aromatic heterocycles. The Hall–Kier alpha value is -3.78. The second-order valence-corrected chi connectivity index (χ2v) is 6.53. The van der Waals surface area contributed by atoms with Crippen LogP contribution in [0.4, 0.5) is 22.7 Å². The zero-order valence-electron chi connectivity index (χ0n) is 15.6. The molecule has 0 saturated carbocycles. The normalized spacial score (nSPS) is 10.9. The summed E-state index contributed by atoms with van der Waals surface area (Å²) in [5, 5.41) is 0. The molecule has 4 aromatic rings. The molecule has 2 heteroatoms.